The van der Waals surface area contributed by atoms with Crippen molar-refractivity contribution in [3.63, 3.8) is 0 Å². The van der Waals surface area contributed by atoms with E-state index in [9.17, 15) is 22.8 Å². The maximum Gasteiger partial charge on any atom is 0.405 e. The first kappa shape index (κ1) is 21.8. The summed E-state index contributed by atoms with van der Waals surface area (Å²) >= 11 is 0. The Hall–Kier alpha value is -2.88. The molecule has 7 nitrogen and oxygen atoms in total. The molecule has 30 heavy (non-hydrogen) atoms. The number of aryl methyl sites for hydroxylation is 1. The number of benzene rings is 1. The van der Waals surface area contributed by atoms with E-state index < -0.39 is 18.6 Å². The second-order valence-corrected chi connectivity index (χ2v) is 7.37. The number of anilines is 1. The molecular formula is C20H24F3N5O2. The zero-order valence-corrected chi connectivity index (χ0v) is 16.6. The number of nitrogens with zero attached hydrogens (tertiary/aromatic N) is 3. The molecule has 1 aliphatic rings. The van der Waals surface area contributed by atoms with Crippen molar-refractivity contribution >= 4 is 17.5 Å². The van der Waals surface area contributed by atoms with Crippen molar-refractivity contribution < 1.29 is 22.8 Å². The summed E-state index contributed by atoms with van der Waals surface area (Å²) in [4.78, 5) is 30.8. The third kappa shape index (κ3) is 6.06. The van der Waals surface area contributed by atoms with Crippen LogP contribution in [0.25, 0.3) is 0 Å². The number of imidazole rings is 1. The fraction of sp³-hybridized carbons (Fsp3) is 0.450. The number of carbonyl (C=O) groups excluding carboxylic acids is 2. The van der Waals surface area contributed by atoms with Crippen molar-refractivity contribution in [2.45, 2.75) is 25.6 Å². The van der Waals surface area contributed by atoms with Gasteiger partial charge in [-0.05, 0) is 50.2 Å². The maximum atomic E-state index is 12.5. The van der Waals surface area contributed by atoms with Crippen LogP contribution in [0.4, 0.5) is 18.9 Å². The molecule has 3 rings (SSSR count). The second-order valence-electron chi connectivity index (χ2n) is 7.37. The first-order valence-corrected chi connectivity index (χ1v) is 9.66. The molecule has 0 radical (unpaired) electrons. The second kappa shape index (κ2) is 9.29. The van der Waals surface area contributed by atoms with Crippen LogP contribution in [0.1, 0.15) is 29.0 Å². The van der Waals surface area contributed by atoms with Crippen LogP contribution >= 0.6 is 0 Å². The number of piperidine rings is 1. The number of alkyl halides is 3. The number of hydrogen-bond acceptors (Lipinski definition) is 4. The highest BCUT2D eigenvalue weighted by atomic mass is 19.4. The summed E-state index contributed by atoms with van der Waals surface area (Å²) in [6, 6.07) is 5.79. The molecule has 0 aliphatic carbocycles. The largest absolute Gasteiger partial charge is 0.405 e. The Kier molecular flexibility index (Phi) is 6.76. The van der Waals surface area contributed by atoms with Gasteiger partial charge in [-0.3, -0.25) is 14.5 Å². The van der Waals surface area contributed by atoms with Gasteiger partial charge < -0.3 is 15.2 Å². The number of hydrogen-bond donors (Lipinski definition) is 2. The highest BCUT2D eigenvalue weighted by molar-refractivity contribution is 5.96. The molecule has 0 saturated carbocycles. The van der Waals surface area contributed by atoms with Crippen molar-refractivity contribution in [1.29, 1.82) is 0 Å². The van der Waals surface area contributed by atoms with Gasteiger partial charge in [0.1, 0.15) is 12.4 Å². The van der Waals surface area contributed by atoms with Crippen LogP contribution in [0, 0.1) is 5.92 Å². The van der Waals surface area contributed by atoms with E-state index in [0.29, 0.717) is 5.69 Å². The zero-order valence-electron chi connectivity index (χ0n) is 16.6. The third-order valence-corrected chi connectivity index (χ3v) is 5.11. The Morgan fingerprint density at radius 3 is 2.40 bits per heavy atom. The summed E-state index contributed by atoms with van der Waals surface area (Å²) in [6.07, 6.45) is 0.667. The van der Waals surface area contributed by atoms with Gasteiger partial charge in [0.2, 0.25) is 5.91 Å². The minimum atomic E-state index is -4.46. The molecule has 1 aromatic heterocycles. The smallest absolute Gasteiger partial charge is 0.343 e. The lowest BCUT2D eigenvalue weighted by Crippen LogP contribution is -2.38. The minimum Gasteiger partial charge on any atom is -0.343 e. The minimum absolute atomic E-state index is 0.0964. The van der Waals surface area contributed by atoms with Gasteiger partial charge in [-0.2, -0.15) is 13.2 Å². The fourth-order valence-electron chi connectivity index (χ4n) is 3.33. The Morgan fingerprint density at radius 1 is 1.17 bits per heavy atom. The van der Waals surface area contributed by atoms with Gasteiger partial charge in [0.05, 0.1) is 6.54 Å². The van der Waals surface area contributed by atoms with E-state index in [0.717, 1.165) is 38.3 Å². The summed E-state index contributed by atoms with van der Waals surface area (Å²) < 4.78 is 38.5. The average Bonchev–Trinajstić information content (AvgIpc) is 3.11. The SMILES string of the molecule is Cn1ccnc1CN1CCC(C(=O)Nc2ccc(C(=O)NCC(F)(F)F)cc2)CC1. The Bertz CT molecular complexity index is 871. The quantitative estimate of drug-likeness (QED) is 0.749. The molecule has 0 bridgehead atoms. The summed E-state index contributed by atoms with van der Waals surface area (Å²) in [5.41, 5.74) is 0.600. The van der Waals surface area contributed by atoms with Crippen LogP contribution in [0.5, 0.6) is 0 Å². The number of rotatable bonds is 6. The number of aromatic nitrogens is 2. The van der Waals surface area contributed by atoms with Crippen molar-refractivity contribution in [2.75, 3.05) is 25.0 Å². The van der Waals surface area contributed by atoms with Gasteiger partial charge in [-0.1, -0.05) is 0 Å². The van der Waals surface area contributed by atoms with Gasteiger partial charge in [-0.25, -0.2) is 4.98 Å². The molecule has 162 valence electrons. The van der Waals surface area contributed by atoms with Gasteiger partial charge in [0, 0.05) is 36.6 Å². The fourth-order valence-corrected chi connectivity index (χ4v) is 3.33. The highest BCUT2D eigenvalue weighted by Crippen LogP contribution is 2.21. The summed E-state index contributed by atoms with van der Waals surface area (Å²) in [5.74, 6) is -0.0409. The molecule has 1 saturated heterocycles. The van der Waals surface area contributed by atoms with Gasteiger partial charge in [0.15, 0.2) is 0 Å². The Labute approximate surface area is 172 Å². The van der Waals surface area contributed by atoms with Crippen LogP contribution in [0.15, 0.2) is 36.7 Å². The van der Waals surface area contributed by atoms with Crippen molar-refractivity contribution in [3.8, 4) is 0 Å². The Morgan fingerprint density at radius 2 is 1.83 bits per heavy atom. The number of carbonyl (C=O) groups is 2. The molecule has 0 atom stereocenters. The number of halogens is 3. The third-order valence-electron chi connectivity index (χ3n) is 5.11. The molecule has 0 spiro atoms. The Balaban J connectivity index is 1.46. The summed E-state index contributed by atoms with van der Waals surface area (Å²) in [7, 11) is 1.95. The molecule has 2 N–H and O–H groups in total. The predicted octanol–water partition coefficient (Wildman–Crippen LogP) is 2.56. The molecule has 2 aromatic rings. The maximum absolute atomic E-state index is 12.5. The zero-order chi connectivity index (χ0) is 21.7. The van der Waals surface area contributed by atoms with Crippen LogP contribution in [-0.2, 0) is 18.4 Å². The van der Waals surface area contributed by atoms with E-state index in [1.165, 1.54) is 24.3 Å². The molecule has 10 heteroatoms. The first-order valence-electron chi connectivity index (χ1n) is 9.66. The monoisotopic (exact) mass is 423 g/mol. The molecule has 1 aromatic carbocycles. The average molecular weight is 423 g/mol. The number of amides is 2. The van der Waals surface area contributed by atoms with Crippen LogP contribution in [-0.4, -0.2) is 52.1 Å². The van der Waals surface area contributed by atoms with Crippen LogP contribution in [0.2, 0.25) is 0 Å². The van der Waals surface area contributed by atoms with Crippen LogP contribution in [0.3, 0.4) is 0 Å². The molecular weight excluding hydrogens is 399 g/mol. The predicted molar refractivity (Wildman–Crippen MR) is 105 cm³/mol. The number of nitrogens with one attached hydrogen (secondary N) is 2. The summed E-state index contributed by atoms with van der Waals surface area (Å²) in [5, 5.41) is 4.63. The lowest BCUT2D eigenvalue weighted by molar-refractivity contribution is -0.123. The lowest BCUT2D eigenvalue weighted by Gasteiger charge is -2.30. The van der Waals surface area contributed by atoms with Crippen LogP contribution < -0.4 is 10.6 Å². The topological polar surface area (TPSA) is 79.3 Å². The standard InChI is InChI=1S/C20H24F3N5O2/c1-27-11-8-24-17(27)12-28-9-6-15(7-10-28)19(30)26-16-4-2-14(3-5-16)18(29)25-13-20(21,22)23/h2-5,8,11,15H,6-7,9-10,12-13H2,1H3,(H,25,29)(H,26,30). The number of likely N-dealkylation sites (tertiary alicyclic amines) is 1. The van der Waals surface area contributed by atoms with E-state index in [1.807, 2.05) is 23.1 Å². The van der Waals surface area contributed by atoms with Gasteiger partial charge in [-0.15, -0.1) is 0 Å². The summed E-state index contributed by atoms with van der Waals surface area (Å²) in [6.45, 7) is 0.950. The van der Waals surface area contributed by atoms with E-state index in [-0.39, 0.29) is 17.4 Å². The molecule has 2 heterocycles. The first-order chi connectivity index (χ1) is 14.2. The van der Waals surface area contributed by atoms with Crippen molar-refractivity contribution in [3.05, 3.63) is 48.0 Å². The van der Waals surface area contributed by atoms with E-state index in [4.69, 9.17) is 0 Å². The highest BCUT2D eigenvalue weighted by Gasteiger charge is 2.28. The van der Waals surface area contributed by atoms with Gasteiger partial charge in [0.25, 0.3) is 5.91 Å². The normalized spacial score (nSPS) is 15.7. The molecule has 1 aliphatic heterocycles. The molecule has 0 unspecified atom stereocenters. The lowest BCUT2D eigenvalue weighted by atomic mass is 9.95. The molecule has 2 amide bonds. The van der Waals surface area contributed by atoms with E-state index in [1.54, 1.807) is 6.20 Å². The van der Waals surface area contributed by atoms with Crippen molar-refractivity contribution in [1.82, 2.24) is 19.8 Å². The molecule has 1 fully saturated rings. The van der Waals surface area contributed by atoms with E-state index in [2.05, 4.69) is 15.2 Å². The van der Waals surface area contributed by atoms with Gasteiger partial charge >= 0.3 is 6.18 Å². The van der Waals surface area contributed by atoms with E-state index >= 15 is 0 Å². The van der Waals surface area contributed by atoms with Crippen molar-refractivity contribution in [2.24, 2.45) is 13.0 Å².